The fraction of sp³-hybridized carbons (Fsp3) is 0.462. The molecule has 0 radical (unpaired) electrons. The third-order valence-electron chi connectivity index (χ3n) is 2.66. The van der Waals surface area contributed by atoms with E-state index in [1.54, 1.807) is 0 Å². The lowest BCUT2D eigenvalue weighted by molar-refractivity contribution is -0.141. The Hall–Kier alpha value is -2.16. The Labute approximate surface area is 125 Å². The Kier molecular flexibility index (Phi) is 6.29. The molecule has 2 amide bonds. The maximum absolute atomic E-state index is 12.5. The molecular formula is C13H16F3N3O3. The molecule has 0 saturated carbocycles. The van der Waals surface area contributed by atoms with Crippen molar-refractivity contribution in [3.63, 3.8) is 0 Å². The van der Waals surface area contributed by atoms with Crippen LogP contribution in [0.3, 0.4) is 0 Å². The Balaban J connectivity index is 2.61. The predicted molar refractivity (Wildman–Crippen MR) is 71.2 cm³/mol. The monoisotopic (exact) mass is 319 g/mol. The van der Waals surface area contributed by atoms with Gasteiger partial charge in [-0.3, -0.25) is 9.59 Å². The molecule has 0 unspecified atom stereocenters. The van der Waals surface area contributed by atoms with E-state index in [2.05, 4.69) is 15.6 Å². The lowest BCUT2D eigenvalue weighted by Gasteiger charge is -2.10. The van der Waals surface area contributed by atoms with E-state index in [0.717, 1.165) is 12.1 Å². The highest BCUT2D eigenvalue weighted by atomic mass is 19.4. The van der Waals surface area contributed by atoms with Crippen LogP contribution >= 0.6 is 0 Å². The van der Waals surface area contributed by atoms with Gasteiger partial charge in [-0.1, -0.05) is 0 Å². The summed E-state index contributed by atoms with van der Waals surface area (Å²) in [4.78, 5) is 26.6. The molecule has 122 valence electrons. The van der Waals surface area contributed by atoms with Crippen molar-refractivity contribution < 1.29 is 27.5 Å². The first-order valence-electron chi connectivity index (χ1n) is 6.34. The number of ether oxygens (including phenoxy) is 1. The summed E-state index contributed by atoms with van der Waals surface area (Å²) in [6.07, 6.45) is -4.57. The third-order valence-corrected chi connectivity index (χ3v) is 2.66. The maximum Gasteiger partial charge on any atom is 0.433 e. The van der Waals surface area contributed by atoms with Gasteiger partial charge in [-0.2, -0.15) is 13.2 Å². The minimum absolute atomic E-state index is 0.0160. The van der Waals surface area contributed by atoms with E-state index >= 15 is 0 Å². The summed E-state index contributed by atoms with van der Waals surface area (Å²) in [5.41, 5.74) is -1.15. The number of alkyl halides is 3. The van der Waals surface area contributed by atoms with Gasteiger partial charge >= 0.3 is 6.18 Å². The first-order valence-corrected chi connectivity index (χ1v) is 6.34. The molecule has 0 fully saturated rings. The number of pyridine rings is 1. The molecule has 0 saturated heterocycles. The fourth-order valence-corrected chi connectivity index (χ4v) is 1.57. The molecule has 9 heteroatoms. The van der Waals surface area contributed by atoms with Crippen molar-refractivity contribution in [1.82, 2.24) is 15.6 Å². The van der Waals surface area contributed by atoms with Gasteiger partial charge in [0.15, 0.2) is 0 Å². The molecule has 22 heavy (non-hydrogen) atoms. The highest BCUT2D eigenvalue weighted by molar-refractivity contribution is 5.97. The Morgan fingerprint density at radius 2 is 1.95 bits per heavy atom. The average Bonchev–Trinajstić information content (AvgIpc) is 2.44. The van der Waals surface area contributed by atoms with E-state index in [1.165, 1.54) is 14.0 Å². The van der Waals surface area contributed by atoms with Crippen LogP contribution in [0.4, 0.5) is 13.2 Å². The van der Waals surface area contributed by atoms with Crippen LogP contribution in [0.1, 0.15) is 21.7 Å². The van der Waals surface area contributed by atoms with Crippen LogP contribution in [0.25, 0.3) is 0 Å². The molecule has 1 rings (SSSR count). The number of hydrogen-bond donors (Lipinski definition) is 2. The number of nitrogens with zero attached hydrogens (tertiary/aromatic N) is 1. The quantitative estimate of drug-likeness (QED) is 0.764. The summed E-state index contributed by atoms with van der Waals surface area (Å²) in [7, 11) is 1.48. The predicted octanol–water partition coefficient (Wildman–Crippen LogP) is 0.901. The second-order valence-corrected chi connectivity index (χ2v) is 4.35. The van der Waals surface area contributed by atoms with Crippen LogP contribution in [-0.2, 0) is 15.7 Å². The SMILES string of the molecule is COCCNC(=O)CNC(=O)c1ccc(C(F)(F)F)nc1C. The lowest BCUT2D eigenvalue weighted by atomic mass is 10.1. The van der Waals surface area contributed by atoms with Crippen molar-refractivity contribution >= 4 is 11.8 Å². The number of hydrogen-bond acceptors (Lipinski definition) is 4. The number of carbonyl (C=O) groups excluding carboxylic acids is 2. The largest absolute Gasteiger partial charge is 0.433 e. The van der Waals surface area contributed by atoms with Crippen LogP contribution in [0.5, 0.6) is 0 Å². The van der Waals surface area contributed by atoms with Crippen molar-refractivity contribution in [2.75, 3.05) is 26.8 Å². The van der Waals surface area contributed by atoms with E-state index in [4.69, 9.17) is 4.74 Å². The van der Waals surface area contributed by atoms with Crippen molar-refractivity contribution in [3.05, 3.63) is 29.1 Å². The van der Waals surface area contributed by atoms with E-state index in [0.29, 0.717) is 13.2 Å². The van der Waals surface area contributed by atoms with Gasteiger partial charge in [0.05, 0.1) is 24.4 Å². The number of methoxy groups -OCH3 is 1. The van der Waals surface area contributed by atoms with Gasteiger partial charge in [-0.25, -0.2) is 4.98 Å². The number of carbonyl (C=O) groups is 2. The average molecular weight is 319 g/mol. The highest BCUT2D eigenvalue weighted by Crippen LogP contribution is 2.28. The van der Waals surface area contributed by atoms with Gasteiger partial charge in [0.2, 0.25) is 5.91 Å². The molecule has 1 aromatic heterocycles. The summed E-state index contributed by atoms with van der Waals surface area (Å²) in [6, 6.07) is 1.75. The molecule has 2 N–H and O–H groups in total. The fourth-order valence-electron chi connectivity index (χ4n) is 1.57. The van der Waals surface area contributed by atoms with Crippen LogP contribution in [-0.4, -0.2) is 43.6 Å². The van der Waals surface area contributed by atoms with Gasteiger partial charge in [0.1, 0.15) is 5.69 Å². The summed E-state index contributed by atoms with van der Waals surface area (Å²) < 4.78 is 42.2. The number of aryl methyl sites for hydroxylation is 1. The summed E-state index contributed by atoms with van der Waals surface area (Å²) in [5, 5.41) is 4.80. The third kappa shape index (κ3) is 5.32. The molecule has 0 aliphatic heterocycles. The van der Waals surface area contributed by atoms with Crippen LogP contribution in [0.15, 0.2) is 12.1 Å². The molecule has 6 nitrogen and oxygen atoms in total. The first-order chi connectivity index (χ1) is 10.3. The lowest BCUT2D eigenvalue weighted by Crippen LogP contribution is -2.38. The molecular weight excluding hydrogens is 303 g/mol. The molecule has 1 heterocycles. The van der Waals surface area contributed by atoms with E-state index in [1.807, 2.05) is 0 Å². The van der Waals surface area contributed by atoms with Gasteiger partial charge in [0, 0.05) is 13.7 Å². The summed E-state index contributed by atoms with van der Waals surface area (Å²) in [6.45, 7) is 1.64. The second-order valence-electron chi connectivity index (χ2n) is 4.35. The summed E-state index contributed by atoms with van der Waals surface area (Å²) in [5.74, 6) is -1.09. The zero-order valence-electron chi connectivity index (χ0n) is 12.1. The number of halogens is 3. The first kappa shape index (κ1) is 17.9. The van der Waals surface area contributed by atoms with E-state index in [9.17, 15) is 22.8 Å². The molecule has 0 aromatic carbocycles. The molecule has 0 aliphatic rings. The smallest absolute Gasteiger partial charge is 0.383 e. The number of aromatic nitrogens is 1. The second kappa shape index (κ2) is 7.74. The summed E-state index contributed by atoms with van der Waals surface area (Å²) >= 11 is 0. The Bertz CT molecular complexity index is 547. The number of nitrogens with one attached hydrogen (secondary N) is 2. The Morgan fingerprint density at radius 1 is 1.27 bits per heavy atom. The topological polar surface area (TPSA) is 80.3 Å². The van der Waals surface area contributed by atoms with Gasteiger partial charge in [0.25, 0.3) is 5.91 Å². The molecule has 0 bridgehead atoms. The van der Waals surface area contributed by atoms with Crippen molar-refractivity contribution in [1.29, 1.82) is 0 Å². The normalized spacial score (nSPS) is 11.1. The van der Waals surface area contributed by atoms with Crippen molar-refractivity contribution in [2.45, 2.75) is 13.1 Å². The number of rotatable bonds is 6. The molecule has 0 spiro atoms. The molecule has 0 atom stereocenters. The van der Waals surface area contributed by atoms with Crippen LogP contribution < -0.4 is 10.6 Å². The van der Waals surface area contributed by atoms with Gasteiger partial charge < -0.3 is 15.4 Å². The molecule has 0 aliphatic carbocycles. The van der Waals surface area contributed by atoms with Gasteiger partial charge in [-0.15, -0.1) is 0 Å². The zero-order valence-corrected chi connectivity index (χ0v) is 12.1. The standard InChI is InChI=1S/C13H16F3N3O3/c1-8-9(3-4-10(19-8)13(14,15)16)12(21)18-7-11(20)17-5-6-22-2/h3-4H,5-7H2,1-2H3,(H,17,20)(H,18,21). The van der Waals surface area contributed by atoms with Crippen molar-refractivity contribution in [3.8, 4) is 0 Å². The number of amides is 2. The minimum Gasteiger partial charge on any atom is -0.383 e. The van der Waals surface area contributed by atoms with Crippen LogP contribution in [0, 0.1) is 6.92 Å². The minimum atomic E-state index is -4.57. The van der Waals surface area contributed by atoms with E-state index in [-0.39, 0.29) is 17.8 Å². The van der Waals surface area contributed by atoms with Crippen LogP contribution in [0.2, 0.25) is 0 Å². The molecule has 1 aromatic rings. The maximum atomic E-state index is 12.5. The Morgan fingerprint density at radius 3 is 2.50 bits per heavy atom. The zero-order chi connectivity index (χ0) is 16.8. The highest BCUT2D eigenvalue weighted by Gasteiger charge is 2.33. The van der Waals surface area contributed by atoms with Gasteiger partial charge in [-0.05, 0) is 19.1 Å². The van der Waals surface area contributed by atoms with Crippen molar-refractivity contribution in [2.24, 2.45) is 0 Å². The van der Waals surface area contributed by atoms with E-state index < -0.39 is 23.7 Å².